The summed E-state index contributed by atoms with van der Waals surface area (Å²) in [5.41, 5.74) is 0.798. The van der Waals surface area contributed by atoms with Gasteiger partial charge in [0.15, 0.2) is 11.6 Å². The smallest absolute Gasteiger partial charge is 0.279 e. The summed E-state index contributed by atoms with van der Waals surface area (Å²) in [5, 5.41) is 6.28. The van der Waals surface area contributed by atoms with Crippen molar-refractivity contribution >= 4 is 11.7 Å². The maximum Gasteiger partial charge on any atom is 0.279 e. The van der Waals surface area contributed by atoms with Gasteiger partial charge < -0.3 is 5.32 Å². The summed E-state index contributed by atoms with van der Waals surface area (Å²) in [6.45, 7) is 0. The molecule has 8 heteroatoms. The number of nitrogens with zero attached hydrogens (tertiary/aromatic N) is 3. The van der Waals surface area contributed by atoms with Gasteiger partial charge in [0.1, 0.15) is 11.4 Å². The molecule has 2 aromatic heterocycles. The van der Waals surface area contributed by atoms with E-state index < -0.39 is 23.1 Å². The zero-order chi connectivity index (χ0) is 18.7. The van der Waals surface area contributed by atoms with Gasteiger partial charge >= 0.3 is 0 Å². The molecule has 0 unspecified atom stereocenters. The Balaban J connectivity index is 1.71. The molecule has 0 atom stereocenters. The molecule has 0 radical (unpaired) electrons. The highest BCUT2D eigenvalue weighted by molar-refractivity contribution is 6.03. The summed E-state index contributed by atoms with van der Waals surface area (Å²) < 4.78 is 27.3. The Morgan fingerprint density at radius 2 is 1.88 bits per heavy atom. The van der Waals surface area contributed by atoms with Crippen molar-refractivity contribution in [3.05, 3.63) is 87.5 Å². The monoisotopic (exact) mass is 356 g/mol. The SMILES string of the molecule is Cn1nccc(C(=O)Nc2ccc(Cc3ccc(F)c(F)c3)cn2)c1=O. The highest BCUT2D eigenvalue weighted by atomic mass is 19.2. The second-order valence-electron chi connectivity index (χ2n) is 5.60. The topological polar surface area (TPSA) is 76.9 Å². The first-order chi connectivity index (χ1) is 12.4. The van der Waals surface area contributed by atoms with Gasteiger partial charge in [-0.25, -0.2) is 18.4 Å². The summed E-state index contributed by atoms with van der Waals surface area (Å²) in [6.07, 6.45) is 3.24. The number of carbonyl (C=O) groups is 1. The van der Waals surface area contributed by atoms with Crippen molar-refractivity contribution in [1.29, 1.82) is 0 Å². The molecule has 0 aliphatic rings. The molecule has 3 aromatic rings. The van der Waals surface area contributed by atoms with Crippen LogP contribution in [0.3, 0.4) is 0 Å². The Bertz CT molecular complexity index is 1020. The van der Waals surface area contributed by atoms with Gasteiger partial charge in [-0.05, 0) is 41.8 Å². The summed E-state index contributed by atoms with van der Waals surface area (Å²) in [6, 6.07) is 8.29. The highest BCUT2D eigenvalue weighted by Gasteiger charge is 2.12. The first-order valence-electron chi connectivity index (χ1n) is 7.66. The number of carbonyl (C=O) groups excluding carboxylic acids is 1. The summed E-state index contributed by atoms with van der Waals surface area (Å²) in [5.74, 6) is -2.12. The van der Waals surface area contributed by atoms with E-state index >= 15 is 0 Å². The van der Waals surface area contributed by atoms with Gasteiger partial charge in [-0.2, -0.15) is 5.10 Å². The second kappa shape index (κ2) is 7.22. The van der Waals surface area contributed by atoms with Crippen LogP contribution >= 0.6 is 0 Å². The molecule has 0 spiro atoms. The predicted molar refractivity (Wildman–Crippen MR) is 90.8 cm³/mol. The van der Waals surface area contributed by atoms with Crippen LogP contribution in [0.5, 0.6) is 0 Å². The van der Waals surface area contributed by atoms with Gasteiger partial charge in [0.05, 0.1) is 0 Å². The largest absolute Gasteiger partial charge is 0.306 e. The Morgan fingerprint density at radius 1 is 1.12 bits per heavy atom. The summed E-state index contributed by atoms with van der Waals surface area (Å²) >= 11 is 0. The molecule has 1 aromatic carbocycles. The Morgan fingerprint density at radius 3 is 2.58 bits per heavy atom. The third kappa shape index (κ3) is 3.80. The van der Waals surface area contributed by atoms with E-state index in [1.54, 1.807) is 12.1 Å². The molecule has 2 heterocycles. The lowest BCUT2D eigenvalue weighted by molar-refractivity contribution is 0.102. The van der Waals surface area contributed by atoms with Gasteiger partial charge in [-0.1, -0.05) is 12.1 Å². The minimum atomic E-state index is -0.904. The zero-order valence-corrected chi connectivity index (χ0v) is 13.7. The molecule has 0 aliphatic carbocycles. The van der Waals surface area contributed by atoms with Crippen LogP contribution in [-0.2, 0) is 13.5 Å². The van der Waals surface area contributed by atoms with Crippen molar-refractivity contribution in [3.63, 3.8) is 0 Å². The summed E-state index contributed by atoms with van der Waals surface area (Å²) in [4.78, 5) is 28.1. The number of aryl methyl sites for hydroxylation is 1. The van der Waals surface area contributed by atoms with Crippen LogP contribution in [0, 0.1) is 11.6 Å². The quantitative estimate of drug-likeness (QED) is 0.778. The maximum absolute atomic E-state index is 13.2. The minimum absolute atomic E-state index is 0.0461. The van der Waals surface area contributed by atoms with Crippen molar-refractivity contribution < 1.29 is 13.6 Å². The number of hydrogen-bond donors (Lipinski definition) is 1. The van der Waals surface area contributed by atoms with Gasteiger partial charge in [-0.15, -0.1) is 0 Å². The Kier molecular flexibility index (Phi) is 4.83. The molecule has 0 saturated carbocycles. The Hall–Kier alpha value is -3.42. The van der Waals surface area contributed by atoms with Gasteiger partial charge in [0.25, 0.3) is 11.5 Å². The number of amides is 1. The van der Waals surface area contributed by atoms with Crippen LogP contribution in [0.2, 0.25) is 0 Å². The average Bonchev–Trinajstić information content (AvgIpc) is 2.62. The van der Waals surface area contributed by atoms with E-state index in [2.05, 4.69) is 15.4 Å². The number of nitrogens with one attached hydrogen (secondary N) is 1. The molecule has 0 bridgehead atoms. The van der Waals surface area contributed by atoms with Crippen LogP contribution in [0.4, 0.5) is 14.6 Å². The van der Waals surface area contributed by atoms with Crippen molar-refractivity contribution in [1.82, 2.24) is 14.8 Å². The predicted octanol–water partition coefficient (Wildman–Crippen LogP) is 2.30. The molecular formula is C18H14F2N4O2. The normalized spacial score (nSPS) is 10.6. The van der Waals surface area contributed by atoms with E-state index in [-0.39, 0.29) is 11.4 Å². The average molecular weight is 356 g/mol. The van der Waals surface area contributed by atoms with Crippen molar-refractivity contribution in [2.75, 3.05) is 5.32 Å². The molecule has 3 rings (SSSR count). The van der Waals surface area contributed by atoms with E-state index in [4.69, 9.17) is 0 Å². The number of aromatic nitrogens is 3. The van der Waals surface area contributed by atoms with Gasteiger partial charge in [0.2, 0.25) is 0 Å². The number of hydrogen-bond acceptors (Lipinski definition) is 4. The van der Waals surface area contributed by atoms with Crippen molar-refractivity contribution in [2.24, 2.45) is 7.05 Å². The van der Waals surface area contributed by atoms with E-state index in [1.807, 2.05) is 0 Å². The minimum Gasteiger partial charge on any atom is -0.306 e. The molecule has 6 nitrogen and oxygen atoms in total. The number of anilines is 1. The molecule has 0 saturated heterocycles. The molecule has 132 valence electrons. The van der Waals surface area contributed by atoms with Gasteiger partial charge in [0, 0.05) is 19.4 Å². The lowest BCUT2D eigenvalue weighted by atomic mass is 10.1. The maximum atomic E-state index is 13.2. The molecule has 0 aliphatic heterocycles. The molecule has 0 fully saturated rings. The fourth-order valence-corrected chi connectivity index (χ4v) is 2.35. The number of pyridine rings is 1. The standard InChI is InChI=1S/C18H14F2N4O2/c1-24-18(26)13(6-7-22-24)17(25)23-16-5-3-12(10-21-16)8-11-2-4-14(19)15(20)9-11/h2-7,9-10H,8H2,1H3,(H,21,23,25). The van der Waals surface area contributed by atoms with E-state index in [0.717, 1.165) is 22.4 Å². The van der Waals surface area contributed by atoms with Crippen LogP contribution in [0.15, 0.2) is 53.6 Å². The molecule has 1 amide bonds. The molecule has 1 N–H and O–H groups in total. The first kappa shape index (κ1) is 17.4. The first-order valence-corrected chi connectivity index (χ1v) is 7.66. The van der Waals surface area contributed by atoms with Crippen molar-refractivity contribution in [2.45, 2.75) is 6.42 Å². The zero-order valence-electron chi connectivity index (χ0n) is 13.7. The lowest BCUT2D eigenvalue weighted by Crippen LogP contribution is -2.28. The van der Waals surface area contributed by atoms with Crippen LogP contribution in [-0.4, -0.2) is 20.7 Å². The number of halogens is 2. The van der Waals surface area contributed by atoms with Crippen LogP contribution in [0.25, 0.3) is 0 Å². The van der Waals surface area contributed by atoms with Gasteiger partial charge in [-0.3, -0.25) is 9.59 Å². The fraction of sp³-hybridized carbons (Fsp3) is 0.111. The van der Waals surface area contributed by atoms with E-state index in [9.17, 15) is 18.4 Å². The lowest BCUT2D eigenvalue weighted by Gasteiger charge is -2.06. The number of benzene rings is 1. The van der Waals surface area contributed by atoms with E-state index in [0.29, 0.717) is 12.0 Å². The van der Waals surface area contributed by atoms with Crippen molar-refractivity contribution in [3.8, 4) is 0 Å². The van der Waals surface area contributed by atoms with Crippen LogP contribution in [0.1, 0.15) is 21.5 Å². The Labute approximate surface area is 147 Å². The summed E-state index contributed by atoms with van der Waals surface area (Å²) in [7, 11) is 1.45. The highest BCUT2D eigenvalue weighted by Crippen LogP contribution is 2.14. The third-order valence-electron chi connectivity index (χ3n) is 3.71. The van der Waals surface area contributed by atoms with Crippen LogP contribution < -0.4 is 10.9 Å². The second-order valence-corrected chi connectivity index (χ2v) is 5.60. The third-order valence-corrected chi connectivity index (χ3v) is 3.71. The fourth-order valence-electron chi connectivity index (χ4n) is 2.35. The number of rotatable bonds is 4. The molecule has 26 heavy (non-hydrogen) atoms. The molecular weight excluding hydrogens is 342 g/mol. The van der Waals surface area contributed by atoms with E-state index in [1.165, 1.54) is 31.6 Å².